The third-order valence-corrected chi connectivity index (χ3v) is 3.32. The van der Waals surface area contributed by atoms with E-state index in [1.807, 2.05) is 6.07 Å². The van der Waals surface area contributed by atoms with Crippen LogP contribution in [0.15, 0.2) is 23.0 Å². The van der Waals surface area contributed by atoms with Gasteiger partial charge in [0.2, 0.25) is 0 Å². The molecule has 1 aliphatic rings. The Balaban J connectivity index is 2.18. The smallest absolute Gasteiger partial charge is 0.0963 e. The summed E-state index contributed by atoms with van der Waals surface area (Å²) in [6.07, 6.45) is 4.84. The van der Waals surface area contributed by atoms with Crippen LogP contribution in [0.25, 0.3) is 0 Å². The lowest BCUT2D eigenvalue weighted by Gasteiger charge is -2.40. The van der Waals surface area contributed by atoms with Crippen molar-refractivity contribution in [3.8, 4) is 0 Å². The Kier molecular flexibility index (Phi) is 2.37. The minimum Gasteiger partial charge on any atom is -0.472 e. The van der Waals surface area contributed by atoms with Gasteiger partial charge in [0.25, 0.3) is 0 Å². The molecule has 78 valence electrons. The van der Waals surface area contributed by atoms with Gasteiger partial charge in [0, 0.05) is 18.2 Å². The van der Waals surface area contributed by atoms with Crippen molar-refractivity contribution in [3.63, 3.8) is 0 Å². The van der Waals surface area contributed by atoms with Gasteiger partial charge >= 0.3 is 0 Å². The van der Waals surface area contributed by atoms with Crippen LogP contribution < -0.4 is 0 Å². The first-order chi connectivity index (χ1) is 6.62. The lowest BCUT2D eigenvalue weighted by molar-refractivity contribution is -0.0412. The number of hydrogen-bond donors (Lipinski definition) is 1. The summed E-state index contributed by atoms with van der Waals surface area (Å²) < 4.78 is 5.02. The van der Waals surface area contributed by atoms with Crippen molar-refractivity contribution < 1.29 is 9.52 Å². The van der Waals surface area contributed by atoms with Gasteiger partial charge in [0.05, 0.1) is 18.1 Å². The first kappa shape index (κ1) is 9.74. The summed E-state index contributed by atoms with van der Waals surface area (Å²) in [4.78, 5) is 2.27. The van der Waals surface area contributed by atoms with E-state index in [9.17, 15) is 5.11 Å². The molecule has 2 atom stereocenters. The minimum absolute atomic E-state index is 0.420. The van der Waals surface area contributed by atoms with E-state index < -0.39 is 5.60 Å². The molecule has 0 radical (unpaired) electrons. The molecule has 2 rings (SSSR count). The Morgan fingerprint density at radius 2 is 2.43 bits per heavy atom. The Morgan fingerprint density at radius 1 is 1.64 bits per heavy atom. The number of piperidine rings is 1. The standard InChI is InChI=1S/C11H17NO2/c1-9-7-11(13,4-5-12(9)2)10-3-6-14-8-10/h3,6,8-9,13H,4-5,7H2,1-2H3. The van der Waals surface area contributed by atoms with E-state index in [2.05, 4.69) is 18.9 Å². The number of rotatable bonds is 1. The SMILES string of the molecule is CC1CC(O)(c2ccoc2)CCN1C. The highest BCUT2D eigenvalue weighted by molar-refractivity contribution is 5.17. The van der Waals surface area contributed by atoms with E-state index in [4.69, 9.17) is 4.42 Å². The van der Waals surface area contributed by atoms with E-state index in [0.29, 0.717) is 6.04 Å². The third kappa shape index (κ3) is 1.57. The molecule has 1 aromatic rings. The molecule has 14 heavy (non-hydrogen) atoms. The molecular weight excluding hydrogens is 178 g/mol. The predicted molar refractivity (Wildman–Crippen MR) is 53.9 cm³/mol. The van der Waals surface area contributed by atoms with Gasteiger partial charge in [-0.1, -0.05) is 0 Å². The van der Waals surface area contributed by atoms with Gasteiger partial charge in [-0.15, -0.1) is 0 Å². The van der Waals surface area contributed by atoms with E-state index >= 15 is 0 Å². The zero-order valence-corrected chi connectivity index (χ0v) is 8.73. The summed E-state index contributed by atoms with van der Waals surface area (Å²) >= 11 is 0. The number of aliphatic hydroxyl groups is 1. The van der Waals surface area contributed by atoms with Crippen LogP contribution in [0.2, 0.25) is 0 Å². The molecule has 1 N–H and O–H groups in total. The molecule has 0 aliphatic carbocycles. The fourth-order valence-corrected chi connectivity index (χ4v) is 2.12. The molecule has 0 aromatic carbocycles. The number of hydrogen-bond acceptors (Lipinski definition) is 3. The topological polar surface area (TPSA) is 36.6 Å². The van der Waals surface area contributed by atoms with Gasteiger partial charge in [-0.25, -0.2) is 0 Å². The van der Waals surface area contributed by atoms with E-state index in [1.165, 1.54) is 0 Å². The molecule has 3 heteroatoms. The average molecular weight is 195 g/mol. The first-order valence-electron chi connectivity index (χ1n) is 5.07. The molecule has 2 heterocycles. The maximum Gasteiger partial charge on any atom is 0.0963 e. The van der Waals surface area contributed by atoms with Crippen molar-refractivity contribution >= 4 is 0 Å². The van der Waals surface area contributed by atoms with E-state index in [1.54, 1.807) is 12.5 Å². The summed E-state index contributed by atoms with van der Waals surface area (Å²) in [6, 6.07) is 2.28. The van der Waals surface area contributed by atoms with E-state index in [0.717, 1.165) is 24.9 Å². The molecule has 3 nitrogen and oxygen atoms in total. The Morgan fingerprint density at radius 3 is 3.00 bits per heavy atom. The predicted octanol–water partition coefficient (Wildman–Crippen LogP) is 1.58. The maximum absolute atomic E-state index is 10.4. The van der Waals surface area contributed by atoms with Crippen molar-refractivity contribution in [1.82, 2.24) is 4.90 Å². The molecule has 2 unspecified atom stereocenters. The zero-order chi connectivity index (χ0) is 10.2. The lowest BCUT2D eigenvalue weighted by atomic mass is 9.83. The third-order valence-electron chi connectivity index (χ3n) is 3.32. The molecule has 1 aromatic heterocycles. The lowest BCUT2D eigenvalue weighted by Crippen LogP contribution is -2.45. The molecule has 1 saturated heterocycles. The Bertz CT molecular complexity index is 296. The molecule has 0 spiro atoms. The van der Waals surface area contributed by atoms with Gasteiger partial charge in [-0.2, -0.15) is 0 Å². The van der Waals surface area contributed by atoms with Crippen LogP contribution in [-0.2, 0) is 5.60 Å². The van der Waals surface area contributed by atoms with Crippen molar-refractivity contribution in [1.29, 1.82) is 0 Å². The number of likely N-dealkylation sites (tertiary alicyclic amines) is 1. The quantitative estimate of drug-likeness (QED) is 0.739. The zero-order valence-electron chi connectivity index (χ0n) is 8.73. The van der Waals surface area contributed by atoms with Gasteiger partial charge < -0.3 is 14.4 Å². The number of nitrogens with zero attached hydrogens (tertiary/aromatic N) is 1. The number of furan rings is 1. The summed E-state index contributed by atoms with van der Waals surface area (Å²) in [6.45, 7) is 3.08. The van der Waals surface area contributed by atoms with Gasteiger partial charge in [-0.05, 0) is 32.9 Å². The molecule has 0 saturated carbocycles. The largest absolute Gasteiger partial charge is 0.472 e. The van der Waals surface area contributed by atoms with Crippen molar-refractivity contribution in [2.24, 2.45) is 0 Å². The van der Waals surface area contributed by atoms with Crippen LogP contribution in [0, 0.1) is 0 Å². The highest BCUT2D eigenvalue weighted by Gasteiger charge is 2.37. The van der Waals surface area contributed by atoms with E-state index in [-0.39, 0.29) is 0 Å². The van der Waals surface area contributed by atoms with Crippen molar-refractivity contribution in [2.75, 3.05) is 13.6 Å². The van der Waals surface area contributed by atoms with Crippen LogP contribution >= 0.6 is 0 Å². The highest BCUT2D eigenvalue weighted by Crippen LogP contribution is 2.35. The molecular formula is C11H17NO2. The second kappa shape index (κ2) is 3.41. The van der Waals surface area contributed by atoms with Crippen molar-refractivity contribution in [2.45, 2.75) is 31.4 Å². The Labute approximate surface area is 84.3 Å². The van der Waals surface area contributed by atoms with Gasteiger partial charge in [0.1, 0.15) is 0 Å². The summed E-state index contributed by atoms with van der Waals surface area (Å²) in [7, 11) is 2.10. The monoisotopic (exact) mass is 195 g/mol. The maximum atomic E-state index is 10.4. The summed E-state index contributed by atoms with van der Waals surface area (Å²) in [5, 5.41) is 10.4. The minimum atomic E-state index is -0.682. The second-order valence-corrected chi connectivity index (χ2v) is 4.33. The van der Waals surface area contributed by atoms with Crippen LogP contribution in [0.1, 0.15) is 25.3 Å². The first-order valence-corrected chi connectivity index (χ1v) is 5.07. The van der Waals surface area contributed by atoms with Crippen LogP contribution in [0.4, 0.5) is 0 Å². The summed E-state index contributed by atoms with van der Waals surface area (Å²) in [5.41, 5.74) is 0.233. The summed E-state index contributed by atoms with van der Waals surface area (Å²) in [5.74, 6) is 0. The van der Waals surface area contributed by atoms with Crippen LogP contribution in [-0.4, -0.2) is 29.6 Å². The van der Waals surface area contributed by atoms with Crippen LogP contribution in [0.5, 0.6) is 0 Å². The fraction of sp³-hybridized carbons (Fsp3) is 0.636. The van der Waals surface area contributed by atoms with Crippen LogP contribution in [0.3, 0.4) is 0 Å². The molecule has 1 aliphatic heterocycles. The second-order valence-electron chi connectivity index (χ2n) is 4.33. The van der Waals surface area contributed by atoms with Gasteiger partial charge in [0.15, 0.2) is 0 Å². The highest BCUT2D eigenvalue weighted by atomic mass is 16.3. The Hall–Kier alpha value is -0.800. The molecule has 1 fully saturated rings. The molecule has 0 bridgehead atoms. The van der Waals surface area contributed by atoms with Crippen molar-refractivity contribution in [3.05, 3.63) is 24.2 Å². The average Bonchev–Trinajstić information content (AvgIpc) is 2.65. The fourth-order valence-electron chi connectivity index (χ4n) is 2.12. The normalized spacial score (nSPS) is 34.6. The van der Waals surface area contributed by atoms with Gasteiger partial charge in [-0.3, -0.25) is 0 Å². The molecule has 0 amide bonds.